The number of hydrogen-bond donors (Lipinski definition) is 2. The monoisotopic (exact) mass is 362 g/mol. The molecule has 0 saturated carbocycles. The predicted molar refractivity (Wildman–Crippen MR) is 102 cm³/mol. The second kappa shape index (κ2) is 8.07. The van der Waals surface area contributed by atoms with Gasteiger partial charge >= 0.3 is 0 Å². The maximum absolute atomic E-state index is 6.08. The highest BCUT2D eigenvalue weighted by Gasteiger charge is 2.12. The number of aromatic nitrogens is 1. The molecule has 0 bridgehead atoms. The Labute approximate surface area is 153 Å². The molecule has 0 amide bonds. The fraction of sp³-hybridized carbons (Fsp3) is 0.333. The quantitative estimate of drug-likeness (QED) is 0.623. The van der Waals surface area contributed by atoms with Crippen molar-refractivity contribution >= 4 is 23.2 Å². The number of aliphatic imine (C=N–C) groups is 1. The molecule has 134 valence electrons. The first-order chi connectivity index (χ1) is 11.8. The van der Waals surface area contributed by atoms with Crippen LogP contribution in [-0.4, -0.2) is 23.7 Å². The first kappa shape index (κ1) is 18.9. The van der Waals surface area contributed by atoms with Gasteiger partial charge in [0.05, 0.1) is 18.7 Å². The molecule has 25 heavy (non-hydrogen) atoms. The average Bonchev–Trinajstić information content (AvgIpc) is 2.53. The van der Waals surface area contributed by atoms with Crippen LogP contribution in [-0.2, 0) is 6.54 Å². The fourth-order valence-electron chi connectivity index (χ4n) is 1.99. The molecule has 0 atom stereocenters. The van der Waals surface area contributed by atoms with E-state index in [1.165, 1.54) is 0 Å². The van der Waals surface area contributed by atoms with Crippen LogP contribution in [0.25, 0.3) is 0 Å². The molecule has 6 nitrogen and oxygen atoms in total. The third kappa shape index (κ3) is 6.15. The van der Waals surface area contributed by atoms with E-state index >= 15 is 0 Å². The number of ether oxygens (including phenoxy) is 2. The van der Waals surface area contributed by atoms with Crippen molar-refractivity contribution < 1.29 is 9.47 Å². The summed E-state index contributed by atoms with van der Waals surface area (Å²) < 4.78 is 10.8. The first-order valence-electron chi connectivity index (χ1n) is 7.81. The largest absolute Gasteiger partial charge is 0.495 e. The molecule has 2 aromatic rings. The minimum Gasteiger partial charge on any atom is -0.495 e. The van der Waals surface area contributed by atoms with Gasteiger partial charge in [-0.15, -0.1) is 0 Å². The summed E-state index contributed by atoms with van der Waals surface area (Å²) in [5.74, 6) is 1.47. The molecule has 0 radical (unpaired) electrons. The first-order valence-corrected chi connectivity index (χ1v) is 8.19. The molecule has 0 unspecified atom stereocenters. The van der Waals surface area contributed by atoms with Gasteiger partial charge in [0.25, 0.3) is 0 Å². The minimum atomic E-state index is -0.277. The molecule has 0 aliphatic carbocycles. The summed E-state index contributed by atoms with van der Waals surface area (Å²) in [4.78, 5) is 8.57. The predicted octanol–water partition coefficient (Wildman–Crippen LogP) is 3.85. The average molecular weight is 363 g/mol. The highest BCUT2D eigenvalue weighted by molar-refractivity contribution is 6.32. The Morgan fingerprint density at radius 2 is 2.04 bits per heavy atom. The van der Waals surface area contributed by atoms with Gasteiger partial charge in [0, 0.05) is 18.0 Å². The Bertz CT molecular complexity index is 740. The lowest BCUT2D eigenvalue weighted by Crippen LogP contribution is -2.23. The van der Waals surface area contributed by atoms with Gasteiger partial charge in [-0.1, -0.05) is 17.7 Å². The second-order valence-electron chi connectivity index (χ2n) is 6.39. The Kier molecular flexibility index (Phi) is 6.09. The van der Waals surface area contributed by atoms with Crippen molar-refractivity contribution in [2.24, 2.45) is 10.7 Å². The van der Waals surface area contributed by atoms with E-state index in [9.17, 15) is 0 Å². The molecule has 0 saturated heterocycles. The molecular weight excluding hydrogens is 340 g/mol. The van der Waals surface area contributed by atoms with E-state index in [-0.39, 0.29) is 11.6 Å². The maximum Gasteiger partial charge on any atom is 0.213 e. The van der Waals surface area contributed by atoms with Crippen molar-refractivity contribution in [3.63, 3.8) is 0 Å². The summed E-state index contributed by atoms with van der Waals surface area (Å²) in [5.41, 5.74) is 7.29. The summed E-state index contributed by atoms with van der Waals surface area (Å²) in [6.07, 6.45) is 1.72. The molecule has 1 aromatic carbocycles. The van der Waals surface area contributed by atoms with Crippen LogP contribution in [0.3, 0.4) is 0 Å². The van der Waals surface area contributed by atoms with Crippen LogP contribution in [0.15, 0.2) is 41.5 Å². The van der Waals surface area contributed by atoms with Crippen LogP contribution in [0.4, 0.5) is 5.69 Å². The molecule has 0 aliphatic rings. The van der Waals surface area contributed by atoms with E-state index < -0.39 is 0 Å². The van der Waals surface area contributed by atoms with Gasteiger partial charge in [0.15, 0.2) is 5.96 Å². The van der Waals surface area contributed by atoms with Crippen molar-refractivity contribution in [1.82, 2.24) is 4.98 Å². The number of nitrogens with one attached hydrogen (secondary N) is 1. The fourth-order valence-corrected chi connectivity index (χ4v) is 2.24. The Hall–Kier alpha value is -2.47. The molecule has 0 fully saturated rings. The molecule has 7 heteroatoms. The molecule has 0 aliphatic heterocycles. The lowest BCUT2D eigenvalue weighted by molar-refractivity contribution is 0.124. The molecular formula is C18H23ClN4O2. The summed E-state index contributed by atoms with van der Waals surface area (Å²) in [7, 11) is 1.57. The number of hydrogen-bond acceptors (Lipinski definition) is 4. The summed E-state index contributed by atoms with van der Waals surface area (Å²) in [6.45, 7) is 6.34. The molecule has 1 aromatic heterocycles. The van der Waals surface area contributed by atoms with Gasteiger partial charge in [0.2, 0.25) is 5.88 Å². The molecule has 1 heterocycles. The molecule has 2 rings (SSSR count). The lowest BCUT2D eigenvalue weighted by atomic mass is 10.2. The van der Waals surface area contributed by atoms with Crippen molar-refractivity contribution in [2.45, 2.75) is 32.9 Å². The number of nitrogens with zero attached hydrogens (tertiary/aromatic N) is 2. The standard InChI is InChI=1S/C18H23ClN4O2/c1-18(2,3)25-16-8-5-12(10-21-16)11-22-17(20)23-13-6-7-15(24-4)14(19)9-13/h5-10H,11H2,1-4H3,(H3,20,22,23). The van der Waals surface area contributed by atoms with Gasteiger partial charge in [-0.25, -0.2) is 9.98 Å². The lowest BCUT2D eigenvalue weighted by Gasteiger charge is -2.20. The van der Waals surface area contributed by atoms with Crippen LogP contribution in [0.5, 0.6) is 11.6 Å². The highest BCUT2D eigenvalue weighted by atomic mass is 35.5. The van der Waals surface area contributed by atoms with Crippen molar-refractivity contribution in [3.05, 3.63) is 47.1 Å². The Balaban J connectivity index is 1.95. The number of methoxy groups -OCH3 is 1. The summed E-state index contributed by atoms with van der Waals surface area (Å²) in [5, 5.41) is 3.49. The number of guanidine groups is 1. The van der Waals surface area contributed by atoms with E-state index in [1.807, 2.05) is 39.0 Å². The smallest absolute Gasteiger partial charge is 0.213 e. The van der Waals surface area contributed by atoms with Gasteiger partial charge in [-0.3, -0.25) is 0 Å². The Morgan fingerprint density at radius 1 is 1.28 bits per heavy atom. The topological polar surface area (TPSA) is 81.8 Å². The highest BCUT2D eigenvalue weighted by Crippen LogP contribution is 2.27. The van der Waals surface area contributed by atoms with E-state index in [0.29, 0.717) is 23.2 Å². The van der Waals surface area contributed by atoms with Crippen LogP contribution in [0.2, 0.25) is 5.02 Å². The molecule has 3 N–H and O–H groups in total. The zero-order valence-electron chi connectivity index (χ0n) is 14.8. The number of anilines is 1. The van der Waals surface area contributed by atoms with Gasteiger partial charge < -0.3 is 20.5 Å². The summed E-state index contributed by atoms with van der Waals surface area (Å²) >= 11 is 6.08. The van der Waals surface area contributed by atoms with Crippen molar-refractivity contribution in [3.8, 4) is 11.6 Å². The Morgan fingerprint density at radius 3 is 2.60 bits per heavy atom. The SMILES string of the molecule is COc1ccc(NC(N)=NCc2ccc(OC(C)(C)C)nc2)cc1Cl. The number of halogens is 1. The van der Waals surface area contributed by atoms with Gasteiger partial charge in [-0.05, 0) is 44.5 Å². The normalized spacial score (nSPS) is 12.0. The number of pyridine rings is 1. The van der Waals surface area contributed by atoms with E-state index in [2.05, 4.69) is 15.3 Å². The maximum atomic E-state index is 6.08. The van der Waals surface area contributed by atoms with Crippen LogP contribution < -0.4 is 20.5 Å². The van der Waals surface area contributed by atoms with Crippen molar-refractivity contribution in [2.75, 3.05) is 12.4 Å². The van der Waals surface area contributed by atoms with Crippen LogP contribution >= 0.6 is 11.6 Å². The zero-order valence-corrected chi connectivity index (χ0v) is 15.6. The van der Waals surface area contributed by atoms with Crippen molar-refractivity contribution in [1.29, 1.82) is 0 Å². The summed E-state index contributed by atoms with van der Waals surface area (Å²) in [6, 6.07) is 9.03. The third-order valence-electron chi connectivity index (χ3n) is 3.06. The minimum absolute atomic E-state index is 0.277. The molecule has 0 spiro atoms. The third-order valence-corrected chi connectivity index (χ3v) is 3.36. The second-order valence-corrected chi connectivity index (χ2v) is 6.80. The van der Waals surface area contributed by atoms with E-state index in [1.54, 1.807) is 25.4 Å². The van der Waals surface area contributed by atoms with Gasteiger partial charge in [-0.2, -0.15) is 0 Å². The van der Waals surface area contributed by atoms with Crippen LogP contribution in [0, 0.1) is 0 Å². The number of nitrogens with two attached hydrogens (primary N) is 1. The number of benzene rings is 1. The van der Waals surface area contributed by atoms with Gasteiger partial charge in [0.1, 0.15) is 11.4 Å². The zero-order chi connectivity index (χ0) is 18.4. The van der Waals surface area contributed by atoms with E-state index in [4.69, 9.17) is 26.8 Å². The van der Waals surface area contributed by atoms with E-state index in [0.717, 1.165) is 11.3 Å². The number of rotatable bonds is 5. The van der Waals surface area contributed by atoms with Crippen LogP contribution in [0.1, 0.15) is 26.3 Å².